The number of nitrogens with zero attached hydrogens (tertiary/aromatic N) is 3. The van der Waals surface area contributed by atoms with Crippen molar-refractivity contribution in [3.05, 3.63) is 23.9 Å². The van der Waals surface area contributed by atoms with Gasteiger partial charge in [-0.05, 0) is 36.8 Å². The van der Waals surface area contributed by atoms with E-state index >= 15 is 0 Å². The van der Waals surface area contributed by atoms with E-state index < -0.39 is 0 Å². The minimum Gasteiger partial charge on any atom is -0.477 e. The molecule has 2 heterocycles. The number of pyridine rings is 1. The van der Waals surface area contributed by atoms with Crippen LogP contribution in [0.25, 0.3) is 0 Å². The first kappa shape index (κ1) is 17.4. The van der Waals surface area contributed by atoms with E-state index in [0.29, 0.717) is 5.25 Å². The van der Waals surface area contributed by atoms with E-state index in [-0.39, 0.29) is 0 Å². The first-order valence-electron chi connectivity index (χ1n) is 8.93. The van der Waals surface area contributed by atoms with E-state index in [1.807, 2.05) is 25.4 Å². The van der Waals surface area contributed by atoms with Crippen LogP contribution in [0.5, 0.6) is 5.88 Å². The highest BCUT2D eigenvalue weighted by Crippen LogP contribution is 2.29. The Hall–Kier alpha value is -1.43. The first-order valence-corrected chi connectivity index (χ1v) is 9.98. The van der Waals surface area contributed by atoms with Crippen LogP contribution in [0.3, 0.4) is 0 Å². The van der Waals surface area contributed by atoms with Gasteiger partial charge in [0.1, 0.15) is 0 Å². The topological polar surface area (TPSA) is 49.8 Å². The van der Waals surface area contributed by atoms with E-state index in [4.69, 9.17) is 4.74 Å². The molecule has 1 aliphatic heterocycles. The zero-order chi connectivity index (χ0) is 16.8. The minimum atomic E-state index is 0.709. The Morgan fingerprint density at radius 1 is 1.50 bits per heavy atom. The van der Waals surface area contributed by atoms with Crippen molar-refractivity contribution in [3.63, 3.8) is 0 Å². The lowest BCUT2D eigenvalue weighted by molar-refractivity contribution is 0.288. The van der Waals surface area contributed by atoms with Crippen molar-refractivity contribution in [3.8, 4) is 5.88 Å². The zero-order valence-corrected chi connectivity index (χ0v) is 15.5. The molecule has 1 N–H and O–H groups in total. The van der Waals surface area contributed by atoms with Crippen molar-refractivity contribution in [1.82, 2.24) is 15.2 Å². The van der Waals surface area contributed by atoms with Crippen LogP contribution in [-0.4, -0.2) is 53.6 Å². The van der Waals surface area contributed by atoms with Crippen molar-refractivity contribution in [2.75, 3.05) is 32.5 Å². The second-order valence-corrected chi connectivity index (χ2v) is 7.91. The lowest BCUT2D eigenvalue weighted by Crippen LogP contribution is -2.47. The summed E-state index contributed by atoms with van der Waals surface area (Å²) in [5.74, 6) is 3.65. The van der Waals surface area contributed by atoms with E-state index in [0.717, 1.165) is 44.0 Å². The van der Waals surface area contributed by atoms with Crippen LogP contribution < -0.4 is 10.1 Å². The van der Waals surface area contributed by atoms with Crippen molar-refractivity contribution < 1.29 is 4.74 Å². The number of hydrogen-bond donors (Lipinski definition) is 1. The van der Waals surface area contributed by atoms with Crippen molar-refractivity contribution in [2.45, 2.75) is 38.0 Å². The van der Waals surface area contributed by atoms with E-state index in [9.17, 15) is 0 Å². The Balaban J connectivity index is 1.52. The molecular formula is C18H28N4OS. The number of rotatable bonds is 6. The van der Waals surface area contributed by atoms with Crippen LogP contribution in [0.15, 0.2) is 23.3 Å². The van der Waals surface area contributed by atoms with E-state index in [2.05, 4.69) is 38.9 Å². The van der Waals surface area contributed by atoms with Gasteiger partial charge in [0.15, 0.2) is 5.96 Å². The van der Waals surface area contributed by atoms with Crippen LogP contribution in [-0.2, 0) is 6.54 Å². The molecule has 0 spiro atoms. The number of thioether (sulfide) groups is 1. The highest BCUT2D eigenvalue weighted by Gasteiger charge is 2.22. The van der Waals surface area contributed by atoms with E-state index in [1.165, 1.54) is 30.6 Å². The number of hydrogen-bond acceptors (Lipinski definition) is 4. The zero-order valence-electron chi connectivity index (χ0n) is 14.7. The number of aliphatic imine (C=N–C) groups is 1. The number of ether oxygens (including phenoxy) is 1. The van der Waals surface area contributed by atoms with Crippen molar-refractivity contribution in [1.29, 1.82) is 0 Å². The summed E-state index contributed by atoms with van der Waals surface area (Å²) in [6.45, 7) is 5.95. The molecule has 1 saturated heterocycles. The number of guanidine groups is 1. The second-order valence-electron chi connectivity index (χ2n) is 6.50. The Kier molecular flexibility index (Phi) is 6.24. The summed E-state index contributed by atoms with van der Waals surface area (Å²) < 4.78 is 5.77. The highest BCUT2D eigenvalue weighted by molar-refractivity contribution is 8.00. The van der Waals surface area contributed by atoms with Gasteiger partial charge >= 0.3 is 0 Å². The molecule has 2 aliphatic rings. The molecule has 24 heavy (non-hydrogen) atoms. The number of aromatic nitrogens is 1. The summed E-state index contributed by atoms with van der Waals surface area (Å²) >= 11 is 2.07. The van der Waals surface area contributed by atoms with Crippen LogP contribution >= 0.6 is 11.8 Å². The quantitative estimate of drug-likeness (QED) is 0.633. The third-order valence-electron chi connectivity index (χ3n) is 4.52. The molecule has 1 saturated carbocycles. The molecule has 3 rings (SSSR count). The normalized spacial score (nSPS) is 21.7. The van der Waals surface area contributed by atoms with Gasteiger partial charge in [-0.2, -0.15) is 11.8 Å². The molecule has 6 heteroatoms. The fourth-order valence-electron chi connectivity index (χ4n) is 2.80. The molecule has 132 valence electrons. The Morgan fingerprint density at radius 3 is 3.12 bits per heavy atom. The Morgan fingerprint density at radius 2 is 2.38 bits per heavy atom. The molecule has 0 aromatic carbocycles. The lowest BCUT2D eigenvalue weighted by Gasteiger charge is -2.34. The molecule has 0 radical (unpaired) electrons. The molecule has 2 fully saturated rings. The Bertz CT molecular complexity index is 562. The summed E-state index contributed by atoms with van der Waals surface area (Å²) in [5.41, 5.74) is 1.18. The average Bonchev–Trinajstić information content (AvgIpc) is 3.45. The standard InChI is InChI=1S/C18H28N4OS/c1-3-16-12-22(8-9-24-16)18(19-2)21-11-15-6-7-20-17(10-15)23-13-14-4-5-14/h6-7,10,14,16H,3-5,8-9,11-13H2,1-2H3,(H,19,21). The third kappa shape index (κ3) is 5.03. The van der Waals surface area contributed by atoms with Gasteiger partial charge in [-0.3, -0.25) is 4.99 Å². The van der Waals surface area contributed by atoms with Gasteiger partial charge in [-0.15, -0.1) is 0 Å². The van der Waals surface area contributed by atoms with Gasteiger partial charge in [-0.25, -0.2) is 4.98 Å². The SMILES string of the molecule is CCC1CN(C(=NC)NCc2ccnc(OCC3CC3)c2)CCS1. The van der Waals surface area contributed by atoms with E-state index in [1.54, 1.807) is 0 Å². The third-order valence-corrected chi connectivity index (χ3v) is 5.89. The maximum absolute atomic E-state index is 5.77. The monoisotopic (exact) mass is 348 g/mol. The molecule has 1 aliphatic carbocycles. The number of nitrogens with one attached hydrogen (secondary N) is 1. The predicted octanol–water partition coefficient (Wildman–Crippen LogP) is 2.77. The molecule has 0 amide bonds. The predicted molar refractivity (Wildman–Crippen MR) is 101 cm³/mol. The van der Waals surface area contributed by atoms with Gasteiger partial charge in [0.2, 0.25) is 5.88 Å². The lowest BCUT2D eigenvalue weighted by atomic mass is 10.2. The van der Waals surface area contributed by atoms with Gasteiger partial charge in [0.05, 0.1) is 6.61 Å². The summed E-state index contributed by atoms with van der Waals surface area (Å²) in [6, 6.07) is 4.06. The molecule has 1 atom stereocenters. The van der Waals surface area contributed by atoms with Gasteiger partial charge in [0, 0.05) is 49.9 Å². The molecule has 5 nitrogen and oxygen atoms in total. The first-order chi connectivity index (χ1) is 11.8. The maximum Gasteiger partial charge on any atom is 0.213 e. The fraction of sp³-hybridized carbons (Fsp3) is 0.667. The summed E-state index contributed by atoms with van der Waals surface area (Å²) in [6.07, 6.45) is 5.63. The maximum atomic E-state index is 5.77. The minimum absolute atomic E-state index is 0.709. The Labute approximate surface area is 149 Å². The molecule has 1 aromatic heterocycles. The van der Waals surface area contributed by atoms with Crippen LogP contribution in [0.1, 0.15) is 31.7 Å². The smallest absolute Gasteiger partial charge is 0.213 e. The van der Waals surface area contributed by atoms with Crippen molar-refractivity contribution in [2.24, 2.45) is 10.9 Å². The van der Waals surface area contributed by atoms with Gasteiger partial charge in [-0.1, -0.05) is 6.92 Å². The largest absolute Gasteiger partial charge is 0.477 e. The second kappa shape index (κ2) is 8.60. The van der Waals surface area contributed by atoms with Crippen LogP contribution in [0.4, 0.5) is 0 Å². The molecule has 0 bridgehead atoms. The molecular weight excluding hydrogens is 320 g/mol. The summed E-state index contributed by atoms with van der Waals surface area (Å²) in [5, 5.41) is 4.20. The average molecular weight is 349 g/mol. The summed E-state index contributed by atoms with van der Waals surface area (Å²) in [4.78, 5) is 11.1. The van der Waals surface area contributed by atoms with Crippen molar-refractivity contribution >= 4 is 17.7 Å². The van der Waals surface area contributed by atoms with Gasteiger partial charge in [0.25, 0.3) is 0 Å². The van der Waals surface area contributed by atoms with Crippen LogP contribution in [0, 0.1) is 5.92 Å². The summed E-state index contributed by atoms with van der Waals surface area (Å²) in [7, 11) is 1.86. The fourth-order valence-corrected chi connectivity index (χ4v) is 3.98. The van der Waals surface area contributed by atoms with Crippen LogP contribution in [0.2, 0.25) is 0 Å². The molecule has 1 unspecified atom stereocenters. The molecule has 1 aromatic rings. The highest BCUT2D eigenvalue weighted by atomic mass is 32.2. The van der Waals surface area contributed by atoms with Gasteiger partial charge < -0.3 is 15.0 Å².